The molecule has 0 spiro atoms. The molecule has 1 aliphatic rings. The highest BCUT2D eigenvalue weighted by atomic mass is 79.9. The molecule has 0 fully saturated rings. The molecule has 21 heavy (non-hydrogen) atoms. The number of aliphatic hydroxyl groups excluding tert-OH is 1. The molecule has 110 valence electrons. The van der Waals surface area contributed by atoms with Gasteiger partial charge in [-0.3, -0.25) is 0 Å². The zero-order valence-corrected chi connectivity index (χ0v) is 15.8. The highest BCUT2D eigenvalue weighted by molar-refractivity contribution is 9.11. The Morgan fingerprint density at radius 2 is 1.90 bits per heavy atom. The fourth-order valence-electron chi connectivity index (χ4n) is 2.59. The van der Waals surface area contributed by atoms with Crippen LogP contribution in [-0.2, 0) is 12.8 Å². The lowest BCUT2D eigenvalue weighted by Gasteiger charge is -2.16. The van der Waals surface area contributed by atoms with Crippen molar-refractivity contribution in [3.8, 4) is 5.75 Å². The molecule has 2 nitrogen and oxygen atoms in total. The molecule has 0 amide bonds. The third-order valence-corrected chi connectivity index (χ3v) is 5.23. The third-order valence-electron chi connectivity index (χ3n) is 3.56. The van der Waals surface area contributed by atoms with Crippen molar-refractivity contribution in [2.24, 2.45) is 0 Å². The smallest absolute Gasteiger partial charge is 0.125 e. The molecule has 2 aromatic carbocycles. The van der Waals surface area contributed by atoms with E-state index in [1.54, 1.807) is 0 Å². The van der Waals surface area contributed by atoms with E-state index in [0.29, 0.717) is 6.42 Å². The largest absolute Gasteiger partial charge is 0.493 e. The van der Waals surface area contributed by atoms with E-state index in [-0.39, 0.29) is 0 Å². The van der Waals surface area contributed by atoms with Gasteiger partial charge < -0.3 is 9.84 Å². The maximum atomic E-state index is 10.6. The minimum atomic E-state index is -0.584. The Kier molecular flexibility index (Phi) is 4.74. The molecular weight excluding hydrogens is 464 g/mol. The van der Waals surface area contributed by atoms with Gasteiger partial charge in [0.05, 0.1) is 12.7 Å². The van der Waals surface area contributed by atoms with E-state index in [9.17, 15) is 5.11 Å². The van der Waals surface area contributed by atoms with Crippen molar-refractivity contribution in [1.29, 1.82) is 0 Å². The second-order valence-electron chi connectivity index (χ2n) is 5.04. The topological polar surface area (TPSA) is 29.5 Å². The summed E-state index contributed by atoms with van der Waals surface area (Å²) in [6.45, 7) is 0.718. The zero-order chi connectivity index (χ0) is 15.0. The number of hydrogen-bond donors (Lipinski definition) is 1. The lowest BCUT2D eigenvalue weighted by Crippen LogP contribution is -2.04. The van der Waals surface area contributed by atoms with E-state index in [1.807, 2.05) is 24.3 Å². The molecule has 0 bridgehead atoms. The lowest BCUT2D eigenvalue weighted by atomic mass is 9.99. The van der Waals surface area contributed by atoms with E-state index >= 15 is 0 Å². The highest BCUT2D eigenvalue weighted by Crippen LogP contribution is 2.36. The summed E-state index contributed by atoms with van der Waals surface area (Å²) in [5.74, 6) is 0.934. The molecule has 3 rings (SSSR count). The predicted octanol–water partition coefficient (Wildman–Crippen LogP) is 5.19. The summed E-state index contributed by atoms with van der Waals surface area (Å²) >= 11 is 10.5. The summed E-state index contributed by atoms with van der Waals surface area (Å²) < 4.78 is 8.61. The Morgan fingerprint density at radius 1 is 1.10 bits per heavy atom. The average Bonchev–Trinajstić information content (AvgIpc) is 2.89. The highest BCUT2D eigenvalue weighted by Gasteiger charge is 2.21. The fourth-order valence-corrected chi connectivity index (χ4v) is 4.03. The van der Waals surface area contributed by atoms with Gasteiger partial charge in [-0.25, -0.2) is 0 Å². The molecule has 1 atom stereocenters. The van der Waals surface area contributed by atoms with Crippen molar-refractivity contribution < 1.29 is 9.84 Å². The van der Waals surface area contributed by atoms with Gasteiger partial charge in [-0.1, -0.05) is 47.8 Å². The molecular formula is C16H13Br3O2. The summed E-state index contributed by atoms with van der Waals surface area (Å²) in [7, 11) is 0. The zero-order valence-electron chi connectivity index (χ0n) is 11.1. The van der Waals surface area contributed by atoms with Gasteiger partial charge in [0.1, 0.15) is 5.75 Å². The first kappa shape index (κ1) is 15.5. The van der Waals surface area contributed by atoms with Crippen LogP contribution in [0.1, 0.15) is 22.8 Å². The first-order valence-electron chi connectivity index (χ1n) is 6.61. The number of rotatable bonds is 3. The molecule has 0 saturated heterocycles. The van der Waals surface area contributed by atoms with Gasteiger partial charge in [0.25, 0.3) is 0 Å². The molecule has 1 aliphatic heterocycles. The predicted molar refractivity (Wildman–Crippen MR) is 93.8 cm³/mol. The second-order valence-corrected chi connectivity index (χ2v) is 7.72. The van der Waals surface area contributed by atoms with Crippen LogP contribution < -0.4 is 4.74 Å². The van der Waals surface area contributed by atoms with Crippen molar-refractivity contribution >= 4 is 47.8 Å². The van der Waals surface area contributed by atoms with Crippen molar-refractivity contribution in [3.63, 3.8) is 0 Å². The number of hydrogen-bond acceptors (Lipinski definition) is 2. The summed E-state index contributed by atoms with van der Waals surface area (Å²) in [6, 6.07) is 9.94. The van der Waals surface area contributed by atoms with Crippen LogP contribution in [0, 0.1) is 0 Å². The van der Waals surface area contributed by atoms with Crippen molar-refractivity contribution in [2.75, 3.05) is 6.61 Å². The van der Waals surface area contributed by atoms with E-state index in [4.69, 9.17) is 4.74 Å². The van der Waals surface area contributed by atoms with E-state index in [0.717, 1.165) is 43.3 Å². The van der Waals surface area contributed by atoms with Gasteiger partial charge in [0.15, 0.2) is 0 Å². The van der Waals surface area contributed by atoms with Crippen LogP contribution in [0.2, 0.25) is 0 Å². The van der Waals surface area contributed by atoms with Crippen LogP contribution >= 0.6 is 47.8 Å². The average molecular weight is 477 g/mol. The van der Waals surface area contributed by atoms with Crippen molar-refractivity contribution in [1.82, 2.24) is 0 Å². The minimum absolute atomic E-state index is 0.525. The number of ether oxygens (including phenoxy) is 1. The Balaban J connectivity index is 1.92. The number of halogens is 3. The Hall–Kier alpha value is -0.360. The molecule has 0 aliphatic carbocycles. The van der Waals surface area contributed by atoms with Gasteiger partial charge in [0.2, 0.25) is 0 Å². The number of aliphatic hydroxyl groups is 1. The molecule has 0 radical (unpaired) electrons. The molecule has 2 aromatic rings. The van der Waals surface area contributed by atoms with Gasteiger partial charge in [0, 0.05) is 26.3 Å². The maximum absolute atomic E-state index is 10.6. The van der Waals surface area contributed by atoms with Gasteiger partial charge >= 0.3 is 0 Å². The number of fused-ring (bicyclic) bond motifs is 1. The quantitative estimate of drug-likeness (QED) is 0.661. The summed E-state index contributed by atoms with van der Waals surface area (Å²) in [4.78, 5) is 0. The normalized spacial score (nSPS) is 14.7. The second kappa shape index (κ2) is 6.41. The summed E-state index contributed by atoms with van der Waals surface area (Å²) in [6.07, 6.45) is 0.870. The van der Waals surface area contributed by atoms with E-state index in [1.165, 1.54) is 5.56 Å². The number of benzene rings is 2. The minimum Gasteiger partial charge on any atom is -0.493 e. The monoisotopic (exact) mass is 474 g/mol. The fraction of sp³-hybridized carbons (Fsp3) is 0.250. The van der Waals surface area contributed by atoms with E-state index in [2.05, 4.69) is 53.9 Å². The Morgan fingerprint density at radius 3 is 2.71 bits per heavy atom. The van der Waals surface area contributed by atoms with Crippen molar-refractivity contribution in [3.05, 3.63) is 60.4 Å². The van der Waals surface area contributed by atoms with Gasteiger partial charge in [-0.2, -0.15) is 0 Å². The first-order chi connectivity index (χ1) is 10.0. The van der Waals surface area contributed by atoms with Crippen LogP contribution in [-0.4, -0.2) is 11.7 Å². The standard InChI is InChI=1S/C16H13Br3O2/c17-11-1-2-14(19)13(8-11)15(20)7-10-6-12(18)5-9-3-4-21-16(9)10/h1-2,5-6,8,15,20H,3-4,7H2. The van der Waals surface area contributed by atoms with Crippen LogP contribution in [0.3, 0.4) is 0 Å². The molecule has 1 N–H and O–H groups in total. The molecule has 0 saturated carbocycles. The Labute approximate surface area is 148 Å². The van der Waals surface area contributed by atoms with E-state index < -0.39 is 6.10 Å². The molecule has 5 heteroatoms. The van der Waals surface area contributed by atoms with Gasteiger partial charge in [-0.15, -0.1) is 0 Å². The van der Waals surface area contributed by atoms with Gasteiger partial charge in [-0.05, 0) is 47.0 Å². The van der Waals surface area contributed by atoms with Crippen LogP contribution in [0.15, 0.2) is 43.7 Å². The molecule has 0 aromatic heterocycles. The molecule has 1 unspecified atom stereocenters. The Bertz CT molecular complexity index is 685. The van der Waals surface area contributed by atoms with Crippen molar-refractivity contribution in [2.45, 2.75) is 18.9 Å². The lowest BCUT2D eigenvalue weighted by molar-refractivity contribution is 0.176. The van der Waals surface area contributed by atoms with Crippen LogP contribution in [0.4, 0.5) is 0 Å². The van der Waals surface area contributed by atoms with Crippen LogP contribution in [0.5, 0.6) is 5.75 Å². The third kappa shape index (κ3) is 3.36. The maximum Gasteiger partial charge on any atom is 0.125 e. The molecule has 1 heterocycles. The first-order valence-corrected chi connectivity index (χ1v) is 8.99. The SMILES string of the molecule is OC(Cc1cc(Br)cc2c1OCC2)c1cc(Br)ccc1Br. The summed E-state index contributed by atoms with van der Waals surface area (Å²) in [5.41, 5.74) is 3.12. The van der Waals surface area contributed by atoms with Crippen LogP contribution in [0.25, 0.3) is 0 Å². The summed E-state index contributed by atoms with van der Waals surface area (Å²) in [5, 5.41) is 10.6.